The smallest absolute Gasteiger partial charge is 0.319 e. The van der Waals surface area contributed by atoms with Crippen LogP contribution in [0.1, 0.15) is 33.1 Å². The van der Waals surface area contributed by atoms with Crippen LogP contribution in [0.5, 0.6) is 0 Å². The summed E-state index contributed by atoms with van der Waals surface area (Å²) in [6.45, 7) is 5.63. The zero-order valence-corrected chi connectivity index (χ0v) is 14.8. The summed E-state index contributed by atoms with van der Waals surface area (Å²) in [7, 11) is 0. The van der Waals surface area contributed by atoms with Gasteiger partial charge in [0, 0.05) is 11.3 Å². The summed E-state index contributed by atoms with van der Waals surface area (Å²) in [5, 5.41) is 2.56. The van der Waals surface area contributed by atoms with Gasteiger partial charge < -0.3 is 5.32 Å². The van der Waals surface area contributed by atoms with Gasteiger partial charge in [-0.05, 0) is 45.0 Å². The second-order valence-corrected chi connectivity index (χ2v) is 5.97. The van der Waals surface area contributed by atoms with Gasteiger partial charge in [0.25, 0.3) is 5.91 Å². The second kappa shape index (κ2) is 6.82. The molecule has 0 aliphatic rings. The van der Waals surface area contributed by atoms with Crippen molar-refractivity contribution in [3.63, 3.8) is 0 Å². The van der Waals surface area contributed by atoms with Crippen molar-refractivity contribution >= 4 is 11.6 Å². The maximum atomic E-state index is 12.6. The highest BCUT2D eigenvalue weighted by Gasteiger charge is 2.30. The van der Waals surface area contributed by atoms with Crippen molar-refractivity contribution in [2.45, 2.75) is 26.9 Å². The third-order valence-corrected chi connectivity index (χ3v) is 4.08. The van der Waals surface area contributed by atoms with E-state index in [0.717, 1.165) is 41.5 Å². The normalized spacial score (nSPS) is 11.5. The number of anilines is 1. The van der Waals surface area contributed by atoms with E-state index in [1.165, 1.54) is 12.4 Å². The lowest BCUT2D eigenvalue weighted by atomic mass is 10.1. The van der Waals surface area contributed by atoms with Crippen molar-refractivity contribution in [3.05, 3.63) is 65.0 Å². The zero-order valence-electron chi connectivity index (χ0n) is 14.8. The molecule has 3 aromatic rings. The number of halogens is 3. The molecule has 0 unspecified atom stereocenters. The molecule has 27 heavy (non-hydrogen) atoms. The molecular formula is C18H16F3N5O. The fourth-order valence-corrected chi connectivity index (χ4v) is 2.59. The average Bonchev–Trinajstić information content (AvgIpc) is 2.87. The van der Waals surface area contributed by atoms with E-state index in [0.29, 0.717) is 11.6 Å². The Morgan fingerprint density at radius 3 is 2.11 bits per heavy atom. The topological polar surface area (TPSA) is 72.7 Å². The number of hydrogen-bond donors (Lipinski definition) is 1. The van der Waals surface area contributed by atoms with Gasteiger partial charge in [0.1, 0.15) is 5.82 Å². The summed E-state index contributed by atoms with van der Waals surface area (Å²) in [4.78, 5) is 25.0. The summed E-state index contributed by atoms with van der Waals surface area (Å²) in [6.07, 6.45) is -1.59. The summed E-state index contributed by atoms with van der Waals surface area (Å²) in [6, 6.07) is 3.96. The minimum atomic E-state index is -4.44. The number of hydrogen-bond acceptors (Lipinski definition) is 4. The van der Waals surface area contributed by atoms with Gasteiger partial charge in [-0.25, -0.2) is 15.0 Å². The molecule has 0 saturated carbocycles. The zero-order chi connectivity index (χ0) is 19.8. The van der Waals surface area contributed by atoms with Gasteiger partial charge in [0.05, 0.1) is 29.3 Å². The molecule has 0 spiro atoms. The molecule has 0 radical (unpaired) electrons. The molecule has 2 aromatic heterocycles. The molecule has 0 bridgehead atoms. The minimum Gasteiger partial charge on any atom is -0.319 e. The van der Waals surface area contributed by atoms with E-state index in [2.05, 4.69) is 20.3 Å². The van der Waals surface area contributed by atoms with Crippen molar-refractivity contribution in [2.24, 2.45) is 0 Å². The molecule has 9 heteroatoms. The van der Waals surface area contributed by atoms with Crippen LogP contribution in [-0.2, 0) is 6.18 Å². The van der Waals surface area contributed by atoms with Gasteiger partial charge in [0.15, 0.2) is 0 Å². The van der Waals surface area contributed by atoms with Crippen molar-refractivity contribution in [1.29, 1.82) is 0 Å². The van der Waals surface area contributed by atoms with E-state index in [4.69, 9.17) is 0 Å². The van der Waals surface area contributed by atoms with E-state index < -0.39 is 17.6 Å². The number of nitrogens with one attached hydrogen (secondary N) is 1. The van der Waals surface area contributed by atoms with Crippen LogP contribution in [0.4, 0.5) is 18.9 Å². The number of carbonyl (C=O) groups is 1. The van der Waals surface area contributed by atoms with Crippen LogP contribution in [0, 0.1) is 20.8 Å². The Hall–Kier alpha value is -3.23. The molecule has 0 aliphatic carbocycles. The molecule has 3 rings (SSSR count). The van der Waals surface area contributed by atoms with E-state index in [-0.39, 0.29) is 5.56 Å². The number of alkyl halides is 3. The van der Waals surface area contributed by atoms with Crippen LogP contribution in [-0.4, -0.2) is 25.4 Å². The van der Waals surface area contributed by atoms with Crippen molar-refractivity contribution < 1.29 is 18.0 Å². The summed E-state index contributed by atoms with van der Waals surface area (Å²) >= 11 is 0. The van der Waals surface area contributed by atoms with E-state index in [9.17, 15) is 18.0 Å². The number of nitrogens with zero attached hydrogens (tertiary/aromatic N) is 4. The summed E-state index contributed by atoms with van der Waals surface area (Å²) in [5.41, 5.74) is 1.40. The average molecular weight is 375 g/mol. The first-order valence-electron chi connectivity index (χ1n) is 8.00. The molecule has 2 heterocycles. The lowest BCUT2D eigenvalue weighted by Gasteiger charge is -2.09. The fraction of sp³-hybridized carbons (Fsp3) is 0.222. The highest BCUT2D eigenvalue weighted by atomic mass is 19.4. The van der Waals surface area contributed by atoms with E-state index in [1.54, 1.807) is 4.57 Å². The molecule has 140 valence electrons. The number of aryl methyl sites for hydroxylation is 2. The van der Waals surface area contributed by atoms with Crippen LogP contribution in [0.3, 0.4) is 0 Å². The second-order valence-electron chi connectivity index (χ2n) is 5.97. The predicted molar refractivity (Wildman–Crippen MR) is 92.8 cm³/mol. The number of imidazole rings is 1. The van der Waals surface area contributed by atoms with Crippen LogP contribution in [0.15, 0.2) is 36.7 Å². The van der Waals surface area contributed by atoms with Crippen LogP contribution >= 0.6 is 0 Å². The number of amides is 1. The molecule has 0 atom stereocenters. The Bertz CT molecular complexity index is 976. The summed E-state index contributed by atoms with van der Waals surface area (Å²) < 4.78 is 39.5. The maximum Gasteiger partial charge on any atom is 0.416 e. The molecule has 6 nitrogen and oxygen atoms in total. The van der Waals surface area contributed by atoms with Crippen molar-refractivity contribution in [2.75, 3.05) is 5.32 Å². The van der Waals surface area contributed by atoms with Gasteiger partial charge in [0.2, 0.25) is 5.95 Å². The third kappa shape index (κ3) is 3.81. The molecule has 1 amide bonds. The Balaban J connectivity index is 1.75. The monoisotopic (exact) mass is 375 g/mol. The quantitative estimate of drug-likeness (QED) is 0.755. The van der Waals surface area contributed by atoms with Crippen LogP contribution in [0.2, 0.25) is 0 Å². The third-order valence-electron chi connectivity index (χ3n) is 4.08. The predicted octanol–water partition coefficient (Wildman–Crippen LogP) is 3.86. The SMILES string of the molecule is Cc1nc(C)n(-c2ncc(NC(=O)c3ccc(C(F)(F)F)cc3)cn2)c1C. The van der Waals surface area contributed by atoms with E-state index >= 15 is 0 Å². The molecule has 1 N–H and O–H groups in total. The first kappa shape index (κ1) is 18.6. The van der Waals surface area contributed by atoms with Crippen LogP contribution < -0.4 is 5.32 Å². The standard InChI is InChI=1S/C18H16F3N5O/c1-10-11(2)26(12(3)24-10)17-22-8-15(9-23-17)25-16(27)13-4-6-14(7-5-13)18(19,20)21/h4-9H,1-3H3,(H,25,27). The van der Waals surface area contributed by atoms with Crippen molar-refractivity contribution in [1.82, 2.24) is 19.5 Å². The Kier molecular flexibility index (Phi) is 4.69. The van der Waals surface area contributed by atoms with Gasteiger partial charge in [-0.3, -0.25) is 9.36 Å². The first-order chi connectivity index (χ1) is 12.7. The largest absolute Gasteiger partial charge is 0.416 e. The molecular weight excluding hydrogens is 359 g/mol. The van der Waals surface area contributed by atoms with E-state index in [1.807, 2.05) is 20.8 Å². The Labute approximate surface area is 153 Å². The summed E-state index contributed by atoms with van der Waals surface area (Å²) in [5.74, 6) is 0.607. The number of carbonyl (C=O) groups excluding carboxylic acids is 1. The van der Waals surface area contributed by atoms with Gasteiger partial charge in [-0.2, -0.15) is 13.2 Å². The van der Waals surface area contributed by atoms with Gasteiger partial charge in [-0.1, -0.05) is 0 Å². The Morgan fingerprint density at radius 2 is 1.63 bits per heavy atom. The molecule has 1 aromatic carbocycles. The minimum absolute atomic E-state index is 0.101. The highest BCUT2D eigenvalue weighted by molar-refractivity contribution is 6.04. The number of rotatable bonds is 3. The molecule has 0 aliphatic heterocycles. The van der Waals surface area contributed by atoms with Gasteiger partial charge in [-0.15, -0.1) is 0 Å². The van der Waals surface area contributed by atoms with Crippen LogP contribution in [0.25, 0.3) is 5.95 Å². The maximum absolute atomic E-state index is 12.6. The van der Waals surface area contributed by atoms with Crippen molar-refractivity contribution in [3.8, 4) is 5.95 Å². The van der Waals surface area contributed by atoms with Gasteiger partial charge >= 0.3 is 6.18 Å². The fourth-order valence-electron chi connectivity index (χ4n) is 2.59. The molecule has 0 fully saturated rings. The number of aromatic nitrogens is 4. The Morgan fingerprint density at radius 1 is 1.04 bits per heavy atom. The first-order valence-corrected chi connectivity index (χ1v) is 8.00. The highest BCUT2D eigenvalue weighted by Crippen LogP contribution is 2.29. The molecule has 0 saturated heterocycles. The lowest BCUT2D eigenvalue weighted by Crippen LogP contribution is -2.14. The lowest BCUT2D eigenvalue weighted by molar-refractivity contribution is -0.137. The number of benzene rings is 1.